The first-order valence-electron chi connectivity index (χ1n) is 11.5. The lowest BCUT2D eigenvalue weighted by molar-refractivity contribution is -0.0479. The van der Waals surface area contributed by atoms with Gasteiger partial charge in [0.25, 0.3) is 0 Å². The molecule has 6 rings (SSSR count). The maximum Gasteiger partial charge on any atom is 0.0196 e. The summed E-state index contributed by atoms with van der Waals surface area (Å²) >= 11 is 0. The minimum Gasteiger partial charge on any atom is -0.0626 e. The Morgan fingerprint density at radius 1 is 0.533 bits per heavy atom. The second-order valence-corrected chi connectivity index (χ2v) is 11.5. The van der Waals surface area contributed by atoms with Gasteiger partial charge in [-0.25, -0.2) is 0 Å². The maximum absolute atomic E-state index is 2.54. The van der Waals surface area contributed by atoms with Gasteiger partial charge in [0.1, 0.15) is 0 Å². The van der Waals surface area contributed by atoms with E-state index in [0.717, 1.165) is 0 Å². The summed E-state index contributed by atoms with van der Waals surface area (Å²) in [7, 11) is 0. The van der Waals surface area contributed by atoms with E-state index >= 15 is 0 Å². The van der Waals surface area contributed by atoms with Crippen molar-refractivity contribution in [3.8, 4) is 0 Å². The fourth-order valence-corrected chi connectivity index (χ4v) is 7.81. The first kappa shape index (κ1) is 19.9. The van der Waals surface area contributed by atoms with Crippen LogP contribution in [0.5, 0.6) is 0 Å². The summed E-state index contributed by atoms with van der Waals surface area (Å²) in [4.78, 5) is 0. The molecule has 0 saturated carbocycles. The van der Waals surface area contributed by atoms with E-state index in [-0.39, 0.29) is 21.7 Å². The van der Waals surface area contributed by atoms with Crippen LogP contribution in [-0.4, -0.2) is 0 Å². The third kappa shape index (κ3) is 1.71. The molecule has 0 heteroatoms. The molecule has 0 saturated heterocycles. The van der Waals surface area contributed by atoms with Gasteiger partial charge in [-0.3, -0.25) is 0 Å². The number of benzene rings is 3. The van der Waals surface area contributed by atoms with Gasteiger partial charge in [-0.1, -0.05) is 89.1 Å². The molecular formula is C30H36. The normalized spacial score (nSPS) is 29.0. The second kappa shape index (κ2) is 5.39. The number of fused-ring (bicyclic) bond motifs is 4. The predicted octanol–water partition coefficient (Wildman–Crippen LogP) is 8.54. The van der Waals surface area contributed by atoms with Crippen LogP contribution in [0.25, 0.3) is 21.5 Å². The molecular weight excluding hydrogens is 360 g/mol. The molecule has 0 aliphatic heterocycles. The van der Waals surface area contributed by atoms with Crippen LogP contribution >= 0.6 is 0 Å². The van der Waals surface area contributed by atoms with E-state index in [4.69, 9.17) is 0 Å². The first-order chi connectivity index (χ1) is 13.8. The van der Waals surface area contributed by atoms with E-state index in [0.29, 0.717) is 0 Å². The molecule has 2 atom stereocenters. The Labute approximate surface area is 182 Å². The zero-order chi connectivity index (χ0) is 22.0. The van der Waals surface area contributed by atoms with E-state index in [1.807, 2.05) is 0 Å². The van der Waals surface area contributed by atoms with Gasteiger partial charge in [-0.15, -0.1) is 0 Å². The summed E-state index contributed by atoms with van der Waals surface area (Å²) in [5.74, 6) is 0. The predicted molar refractivity (Wildman–Crippen MR) is 132 cm³/mol. The van der Waals surface area contributed by atoms with Gasteiger partial charge in [0.05, 0.1) is 0 Å². The summed E-state index contributed by atoms with van der Waals surface area (Å²) in [6, 6.07) is 13.6. The van der Waals surface area contributed by atoms with Crippen molar-refractivity contribution in [3.63, 3.8) is 0 Å². The SMILES string of the molecule is CC1=C(C)C2(C)c3c(c(C)c4ccc5ccccc5c4c3C)C1(C)C(C)(C)C2(C)C. The first-order valence-corrected chi connectivity index (χ1v) is 11.5. The number of rotatable bonds is 0. The molecule has 3 aliphatic carbocycles. The molecule has 30 heavy (non-hydrogen) atoms. The molecule has 3 aliphatic rings. The van der Waals surface area contributed by atoms with Crippen LogP contribution in [0, 0.1) is 24.7 Å². The van der Waals surface area contributed by atoms with Crippen molar-refractivity contribution in [2.75, 3.05) is 0 Å². The van der Waals surface area contributed by atoms with Gasteiger partial charge >= 0.3 is 0 Å². The van der Waals surface area contributed by atoms with Crippen LogP contribution in [0.1, 0.15) is 77.6 Å². The molecule has 2 unspecified atom stereocenters. The van der Waals surface area contributed by atoms with Crippen LogP contribution in [-0.2, 0) is 10.8 Å². The number of aryl methyl sites for hydroxylation is 2. The highest BCUT2D eigenvalue weighted by atomic mass is 14.7. The van der Waals surface area contributed by atoms with Crippen molar-refractivity contribution in [1.82, 2.24) is 0 Å². The molecule has 2 bridgehead atoms. The Bertz CT molecular complexity index is 1300. The topological polar surface area (TPSA) is 0 Å². The molecule has 0 amide bonds. The molecule has 0 nitrogen and oxygen atoms in total. The average molecular weight is 397 g/mol. The van der Waals surface area contributed by atoms with Gasteiger partial charge < -0.3 is 0 Å². The fourth-order valence-electron chi connectivity index (χ4n) is 7.81. The summed E-state index contributed by atoms with van der Waals surface area (Å²) < 4.78 is 0. The largest absolute Gasteiger partial charge is 0.0626 e. The summed E-state index contributed by atoms with van der Waals surface area (Å²) in [5.41, 5.74) is 9.71. The van der Waals surface area contributed by atoms with E-state index in [1.165, 1.54) is 32.7 Å². The smallest absolute Gasteiger partial charge is 0.0196 e. The minimum atomic E-state index is 0.0215. The number of hydrogen-bond donors (Lipinski definition) is 0. The van der Waals surface area contributed by atoms with Crippen LogP contribution in [0.4, 0.5) is 0 Å². The van der Waals surface area contributed by atoms with E-state index in [1.54, 1.807) is 22.3 Å². The molecule has 0 fully saturated rings. The molecule has 3 aromatic rings. The fraction of sp³-hybridized carbons (Fsp3) is 0.467. The van der Waals surface area contributed by atoms with Crippen LogP contribution in [0.3, 0.4) is 0 Å². The van der Waals surface area contributed by atoms with Gasteiger partial charge in [0, 0.05) is 10.8 Å². The summed E-state index contributed by atoms with van der Waals surface area (Å²) in [6.07, 6.45) is 0. The molecule has 156 valence electrons. The van der Waals surface area contributed by atoms with Gasteiger partial charge in [-0.2, -0.15) is 0 Å². The quantitative estimate of drug-likeness (QED) is 0.264. The van der Waals surface area contributed by atoms with Crippen molar-refractivity contribution in [3.05, 3.63) is 69.8 Å². The van der Waals surface area contributed by atoms with Crippen LogP contribution in [0.15, 0.2) is 47.5 Å². The number of allylic oxidation sites excluding steroid dienone is 2. The molecule has 0 N–H and O–H groups in total. The van der Waals surface area contributed by atoms with Crippen molar-refractivity contribution >= 4 is 21.5 Å². The maximum atomic E-state index is 2.54. The Balaban J connectivity index is 2.11. The zero-order valence-corrected chi connectivity index (χ0v) is 20.5. The van der Waals surface area contributed by atoms with Gasteiger partial charge in [-0.05, 0) is 82.3 Å². The van der Waals surface area contributed by atoms with E-state index in [9.17, 15) is 0 Å². The van der Waals surface area contributed by atoms with Crippen molar-refractivity contribution in [1.29, 1.82) is 0 Å². The minimum absolute atomic E-state index is 0.0215. The van der Waals surface area contributed by atoms with Gasteiger partial charge in [0.2, 0.25) is 0 Å². The van der Waals surface area contributed by atoms with Crippen molar-refractivity contribution in [2.24, 2.45) is 10.8 Å². The number of hydrogen-bond acceptors (Lipinski definition) is 0. The monoisotopic (exact) mass is 396 g/mol. The van der Waals surface area contributed by atoms with Crippen LogP contribution < -0.4 is 0 Å². The lowest BCUT2D eigenvalue weighted by Crippen LogP contribution is -2.67. The third-order valence-electron chi connectivity index (χ3n) is 10.8. The highest BCUT2D eigenvalue weighted by molar-refractivity contribution is 6.11. The van der Waals surface area contributed by atoms with Crippen LogP contribution in [0.2, 0.25) is 0 Å². The molecule has 0 aromatic heterocycles. The zero-order valence-electron chi connectivity index (χ0n) is 20.5. The lowest BCUT2D eigenvalue weighted by atomic mass is 9.32. The molecule has 0 radical (unpaired) electrons. The molecule has 3 aromatic carbocycles. The third-order valence-corrected chi connectivity index (χ3v) is 10.8. The molecule has 0 heterocycles. The highest BCUT2D eigenvalue weighted by Gasteiger charge is 2.69. The average Bonchev–Trinajstić information content (AvgIpc) is 2.71. The van der Waals surface area contributed by atoms with E-state index < -0.39 is 0 Å². The second-order valence-electron chi connectivity index (χ2n) is 11.5. The Kier molecular flexibility index (Phi) is 3.57. The van der Waals surface area contributed by atoms with E-state index in [2.05, 4.69) is 106 Å². The summed E-state index contributed by atoms with van der Waals surface area (Å²) in [6.45, 7) is 24.7. The molecule has 0 spiro atoms. The standard InChI is InChI=1S/C30H36/c1-17-22-16-15-21-13-11-12-14-23(21)24(22)18(2)26-25(17)29(9)19(3)20(4)30(26,10)28(7,8)27(29,5)6/h11-16H,1-10H3. The lowest BCUT2D eigenvalue weighted by Gasteiger charge is -2.71. The van der Waals surface area contributed by atoms with Crippen molar-refractivity contribution < 1.29 is 0 Å². The Morgan fingerprint density at radius 2 is 1.03 bits per heavy atom. The van der Waals surface area contributed by atoms with Gasteiger partial charge in [0.15, 0.2) is 0 Å². The highest BCUT2D eigenvalue weighted by Crippen LogP contribution is 2.75. The van der Waals surface area contributed by atoms with Crippen molar-refractivity contribution in [2.45, 2.75) is 80.1 Å². The Hall–Kier alpha value is -2.08. The Morgan fingerprint density at radius 3 is 1.60 bits per heavy atom. The summed E-state index contributed by atoms with van der Waals surface area (Å²) in [5, 5.41) is 5.62.